The van der Waals surface area contributed by atoms with Gasteiger partial charge in [-0.2, -0.15) is 0 Å². The maximum absolute atomic E-state index is 13.5. The number of hydrogen-bond donors (Lipinski definition) is 3. The molecule has 3 aliphatic rings. The molecule has 15 heteroatoms. The van der Waals surface area contributed by atoms with Crippen molar-refractivity contribution in [1.82, 2.24) is 19.9 Å². The normalized spacial score (nSPS) is 27.8. The highest BCUT2D eigenvalue weighted by molar-refractivity contribution is 9.10. The Bertz CT molecular complexity index is 1310. The molecule has 4 N–H and O–H groups in total. The Hall–Kier alpha value is -2.71. The molecular formula is C24H29BrClN5O7S. The summed E-state index contributed by atoms with van der Waals surface area (Å²) in [6.07, 6.45) is 6.70. The van der Waals surface area contributed by atoms with Gasteiger partial charge in [0, 0.05) is 18.7 Å². The number of fused-ring (bicyclic) bond motifs is 2. The second-order valence-electron chi connectivity index (χ2n) is 9.83. The first-order valence-electron chi connectivity index (χ1n) is 12.6. The number of primary amides is 1. The van der Waals surface area contributed by atoms with Crippen LogP contribution in [0.25, 0.3) is 0 Å². The van der Waals surface area contributed by atoms with Gasteiger partial charge in [-0.25, -0.2) is 22.9 Å². The minimum atomic E-state index is -4.34. The summed E-state index contributed by atoms with van der Waals surface area (Å²) in [6, 6.07) is 0.304. The van der Waals surface area contributed by atoms with Gasteiger partial charge in [0.2, 0.25) is 5.91 Å². The van der Waals surface area contributed by atoms with E-state index in [2.05, 4.69) is 31.0 Å². The lowest BCUT2D eigenvalue weighted by Crippen LogP contribution is -2.57. The minimum Gasteiger partial charge on any atom is -0.436 e. The van der Waals surface area contributed by atoms with Gasteiger partial charge in [-0.05, 0) is 66.9 Å². The van der Waals surface area contributed by atoms with Gasteiger partial charge in [0.1, 0.15) is 21.6 Å². The number of hydrogen-bond acceptors (Lipinski definition) is 8. The van der Waals surface area contributed by atoms with Gasteiger partial charge in [0.25, 0.3) is 21.8 Å². The van der Waals surface area contributed by atoms with Crippen molar-refractivity contribution in [2.45, 2.75) is 73.9 Å². The average Bonchev–Trinajstić information content (AvgIpc) is 3.33. The summed E-state index contributed by atoms with van der Waals surface area (Å²) in [6.45, 7) is 0.269. The average molecular weight is 647 g/mol. The Morgan fingerprint density at radius 2 is 2.00 bits per heavy atom. The molecule has 2 aliphatic heterocycles. The number of rotatable bonds is 4. The van der Waals surface area contributed by atoms with E-state index in [-0.39, 0.29) is 33.9 Å². The predicted molar refractivity (Wildman–Crippen MR) is 143 cm³/mol. The number of amides is 4. The van der Waals surface area contributed by atoms with E-state index in [1.807, 2.05) is 12.2 Å². The van der Waals surface area contributed by atoms with Crippen LogP contribution in [0, 0.1) is 5.92 Å². The molecule has 1 saturated heterocycles. The number of ether oxygens (including phenoxy) is 1. The molecule has 4 atom stereocenters. The van der Waals surface area contributed by atoms with E-state index in [9.17, 15) is 27.6 Å². The molecule has 4 rings (SSSR count). The van der Waals surface area contributed by atoms with Crippen molar-refractivity contribution in [2.24, 2.45) is 11.7 Å². The van der Waals surface area contributed by atoms with Crippen LogP contribution in [0.1, 0.15) is 51.4 Å². The molecule has 3 heterocycles. The SMILES string of the molecule is NC(=O)OC1CCCCCC=CC2CC2(C(=O)NS(=O)(=O)c2cnc(Cl)c(Br)c2)NC(=O)C2CCCN2C1=O. The first-order chi connectivity index (χ1) is 18.4. The van der Waals surface area contributed by atoms with Crippen LogP contribution in [0.4, 0.5) is 4.79 Å². The molecule has 0 aromatic carbocycles. The number of halogens is 2. The van der Waals surface area contributed by atoms with Gasteiger partial charge in [-0.1, -0.05) is 30.2 Å². The van der Waals surface area contributed by atoms with E-state index < -0.39 is 57.4 Å². The van der Waals surface area contributed by atoms with Gasteiger partial charge >= 0.3 is 6.09 Å². The van der Waals surface area contributed by atoms with Crippen molar-refractivity contribution in [3.63, 3.8) is 0 Å². The van der Waals surface area contributed by atoms with Crippen molar-refractivity contribution >= 4 is 61.4 Å². The Balaban J connectivity index is 1.59. The Morgan fingerprint density at radius 1 is 1.23 bits per heavy atom. The molecule has 4 unspecified atom stereocenters. The lowest BCUT2D eigenvalue weighted by molar-refractivity contribution is -0.146. The monoisotopic (exact) mass is 645 g/mol. The predicted octanol–water partition coefficient (Wildman–Crippen LogP) is 2.15. The van der Waals surface area contributed by atoms with Gasteiger partial charge in [-0.3, -0.25) is 14.4 Å². The van der Waals surface area contributed by atoms with Crippen LogP contribution in [-0.4, -0.2) is 66.3 Å². The van der Waals surface area contributed by atoms with E-state index in [0.717, 1.165) is 19.0 Å². The molecule has 4 amide bonds. The molecule has 1 saturated carbocycles. The Morgan fingerprint density at radius 3 is 2.72 bits per heavy atom. The molecule has 0 bridgehead atoms. The van der Waals surface area contributed by atoms with Crippen molar-refractivity contribution in [1.29, 1.82) is 0 Å². The molecular weight excluding hydrogens is 618 g/mol. The van der Waals surface area contributed by atoms with Crippen LogP contribution in [0.2, 0.25) is 5.15 Å². The summed E-state index contributed by atoms with van der Waals surface area (Å²) in [7, 11) is -4.34. The van der Waals surface area contributed by atoms with Crippen molar-refractivity contribution in [3.05, 3.63) is 34.0 Å². The zero-order valence-electron chi connectivity index (χ0n) is 20.9. The van der Waals surface area contributed by atoms with Crippen LogP contribution in [0.5, 0.6) is 0 Å². The Labute approximate surface area is 239 Å². The maximum atomic E-state index is 13.5. The molecule has 0 spiro atoms. The molecule has 1 aromatic heterocycles. The maximum Gasteiger partial charge on any atom is 0.405 e. The van der Waals surface area contributed by atoms with Crippen LogP contribution in [-0.2, 0) is 29.1 Å². The molecule has 1 aliphatic carbocycles. The highest BCUT2D eigenvalue weighted by atomic mass is 79.9. The van der Waals surface area contributed by atoms with Crippen LogP contribution in [0.15, 0.2) is 33.8 Å². The summed E-state index contributed by atoms with van der Waals surface area (Å²) in [5, 5.41) is 2.79. The molecule has 39 heavy (non-hydrogen) atoms. The van der Waals surface area contributed by atoms with Crippen LogP contribution < -0.4 is 15.8 Å². The van der Waals surface area contributed by atoms with Crippen molar-refractivity contribution in [3.8, 4) is 0 Å². The number of nitrogens with zero attached hydrogens (tertiary/aromatic N) is 2. The first kappa shape index (κ1) is 29.3. The highest BCUT2D eigenvalue weighted by Crippen LogP contribution is 2.46. The standard InChI is InChI=1S/C24H29BrClN5O7S/c25-16-11-15(13-28-19(16)26)39(36,37)30-22(34)24-12-14(24)7-4-2-1-3-5-9-18(38-23(27)35)21(33)31-10-6-8-17(31)20(32)29-24/h4,7,11,13-14,17-18H,1-3,5-6,8-10,12H2,(H2,27,35)(H,29,32)(H,30,34). The zero-order chi connectivity index (χ0) is 28.4. The number of carbonyl (C=O) groups is 4. The third kappa shape index (κ3) is 6.55. The largest absolute Gasteiger partial charge is 0.436 e. The van der Waals surface area contributed by atoms with Gasteiger partial charge in [0.15, 0.2) is 6.10 Å². The lowest BCUT2D eigenvalue weighted by Gasteiger charge is -2.29. The molecule has 12 nitrogen and oxygen atoms in total. The van der Waals surface area contributed by atoms with E-state index in [1.54, 1.807) is 0 Å². The van der Waals surface area contributed by atoms with Crippen molar-refractivity contribution < 1.29 is 32.3 Å². The Kier molecular flexibility index (Phi) is 8.86. The summed E-state index contributed by atoms with van der Waals surface area (Å²) in [5.41, 5.74) is 3.67. The number of aromatic nitrogens is 1. The fourth-order valence-corrected chi connectivity index (χ4v) is 6.61. The summed E-state index contributed by atoms with van der Waals surface area (Å²) in [4.78, 5) is 56.4. The van der Waals surface area contributed by atoms with E-state index in [0.29, 0.717) is 25.7 Å². The van der Waals surface area contributed by atoms with Gasteiger partial charge < -0.3 is 20.7 Å². The van der Waals surface area contributed by atoms with Gasteiger partial charge in [-0.15, -0.1) is 0 Å². The highest BCUT2D eigenvalue weighted by Gasteiger charge is 2.61. The number of allylic oxidation sites excluding steroid dienone is 1. The second-order valence-corrected chi connectivity index (χ2v) is 12.7. The van der Waals surface area contributed by atoms with E-state index >= 15 is 0 Å². The lowest BCUT2D eigenvalue weighted by atomic mass is 10.1. The number of pyridine rings is 1. The zero-order valence-corrected chi connectivity index (χ0v) is 24.1. The first-order valence-corrected chi connectivity index (χ1v) is 15.2. The summed E-state index contributed by atoms with van der Waals surface area (Å²) >= 11 is 8.97. The number of sulfonamides is 1. The molecule has 212 valence electrons. The number of nitrogens with two attached hydrogens (primary N) is 1. The second kappa shape index (κ2) is 11.8. The fraction of sp³-hybridized carbons (Fsp3) is 0.542. The van der Waals surface area contributed by atoms with Gasteiger partial charge in [0.05, 0.1) is 4.47 Å². The summed E-state index contributed by atoms with van der Waals surface area (Å²) < 4.78 is 33.3. The number of nitrogens with one attached hydrogen (secondary N) is 2. The smallest absolute Gasteiger partial charge is 0.405 e. The topological polar surface area (TPSA) is 178 Å². The molecule has 0 radical (unpaired) electrons. The minimum absolute atomic E-state index is 0.0551. The van der Waals surface area contributed by atoms with Crippen molar-refractivity contribution in [2.75, 3.05) is 6.54 Å². The fourth-order valence-electron chi connectivity index (χ4n) is 5.00. The number of carbonyl (C=O) groups excluding carboxylic acids is 4. The van der Waals surface area contributed by atoms with E-state index in [1.165, 1.54) is 11.0 Å². The third-order valence-electron chi connectivity index (χ3n) is 7.15. The summed E-state index contributed by atoms with van der Waals surface area (Å²) in [5.74, 6) is -2.44. The van der Waals surface area contributed by atoms with Crippen LogP contribution >= 0.6 is 27.5 Å². The molecule has 2 fully saturated rings. The van der Waals surface area contributed by atoms with E-state index in [4.69, 9.17) is 22.1 Å². The van der Waals surface area contributed by atoms with Crippen LogP contribution in [0.3, 0.4) is 0 Å². The molecule has 1 aromatic rings. The quantitative estimate of drug-likeness (QED) is 0.329. The third-order valence-corrected chi connectivity index (χ3v) is 9.58.